The zero-order valence-electron chi connectivity index (χ0n) is 13.7. The first-order valence-electron chi connectivity index (χ1n) is 7.40. The van der Waals surface area contributed by atoms with Gasteiger partial charge < -0.3 is 10.2 Å². The number of hydrogen-bond acceptors (Lipinski definition) is 2. The second-order valence-electron chi connectivity index (χ2n) is 5.39. The highest BCUT2D eigenvalue weighted by atomic mass is 19.4. The summed E-state index contributed by atoms with van der Waals surface area (Å²) in [5.41, 5.74) is -2.41. The molecule has 1 N–H and O–H groups in total. The minimum atomic E-state index is -4.74. The van der Waals surface area contributed by atoms with Gasteiger partial charge in [0.15, 0.2) is 17.5 Å². The minimum Gasteiger partial charge on any atom is -0.324 e. The lowest BCUT2D eigenvalue weighted by molar-refractivity contribution is -0.137. The van der Waals surface area contributed by atoms with E-state index in [1.165, 1.54) is 6.07 Å². The van der Waals surface area contributed by atoms with E-state index in [9.17, 15) is 35.9 Å². The first kappa shape index (κ1) is 20.3. The fraction of sp³-hybridized carbons (Fsp3) is 0.176. The van der Waals surface area contributed by atoms with Crippen molar-refractivity contribution in [2.75, 3.05) is 16.8 Å². The average Bonchev–Trinajstić information content (AvgIpc) is 2.57. The molecule has 2 amide bonds. The molecule has 2 aromatic rings. The molecule has 0 aliphatic heterocycles. The molecule has 144 valence electrons. The van der Waals surface area contributed by atoms with E-state index in [-0.39, 0.29) is 0 Å². The topological polar surface area (TPSA) is 49.4 Å². The van der Waals surface area contributed by atoms with Gasteiger partial charge in [0.25, 0.3) is 0 Å². The molecule has 0 aliphatic carbocycles. The number of amides is 2. The van der Waals surface area contributed by atoms with Gasteiger partial charge >= 0.3 is 6.18 Å². The Morgan fingerprint density at radius 3 is 2.22 bits per heavy atom. The van der Waals surface area contributed by atoms with Gasteiger partial charge in [-0.15, -0.1) is 0 Å². The molecule has 0 radical (unpaired) electrons. The van der Waals surface area contributed by atoms with E-state index in [0.717, 1.165) is 31.2 Å². The number of anilines is 2. The van der Waals surface area contributed by atoms with Gasteiger partial charge in [0.1, 0.15) is 6.54 Å². The van der Waals surface area contributed by atoms with Gasteiger partial charge in [0.2, 0.25) is 11.8 Å². The van der Waals surface area contributed by atoms with Crippen LogP contribution in [0.15, 0.2) is 36.4 Å². The smallest absolute Gasteiger partial charge is 0.324 e. The summed E-state index contributed by atoms with van der Waals surface area (Å²) in [4.78, 5) is 24.2. The van der Waals surface area contributed by atoms with Crippen LogP contribution in [0.5, 0.6) is 0 Å². The quantitative estimate of drug-likeness (QED) is 0.631. The van der Waals surface area contributed by atoms with Crippen molar-refractivity contribution in [3.05, 3.63) is 59.4 Å². The van der Waals surface area contributed by atoms with Gasteiger partial charge in [-0.05, 0) is 24.3 Å². The van der Waals surface area contributed by atoms with Crippen LogP contribution in [-0.2, 0) is 15.8 Å². The van der Waals surface area contributed by atoms with Crippen LogP contribution in [0, 0.1) is 17.5 Å². The van der Waals surface area contributed by atoms with Crippen molar-refractivity contribution in [2.24, 2.45) is 0 Å². The van der Waals surface area contributed by atoms with E-state index in [4.69, 9.17) is 0 Å². The summed E-state index contributed by atoms with van der Waals surface area (Å²) < 4.78 is 79.1. The molecular weight excluding hydrogens is 378 g/mol. The highest BCUT2D eigenvalue weighted by molar-refractivity contribution is 6.02. The molecule has 0 aromatic heterocycles. The number of carbonyl (C=O) groups excluding carboxylic acids is 2. The van der Waals surface area contributed by atoms with Crippen LogP contribution in [0.4, 0.5) is 37.7 Å². The number of hydrogen-bond donors (Lipinski definition) is 1. The predicted octanol–water partition coefficient (Wildman–Crippen LogP) is 4.11. The Kier molecular flexibility index (Phi) is 5.77. The lowest BCUT2D eigenvalue weighted by Gasteiger charge is -2.22. The first-order valence-corrected chi connectivity index (χ1v) is 7.40. The molecule has 4 nitrogen and oxygen atoms in total. The first-order chi connectivity index (χ1) is 12.5. The average molecular weight is 390 g/mol. The normalized spacial score (nSPS) is 11.2. The van der Waals surface area contributed by atoms with Crippen molar-refractivity contribution >= 4 is 23.2 Å². The van der Waals surface area contributed by atoms with Gasteiger partial charge in [-0.25, -0.2) is 13.2 Å². The van der Waals surface area contributed by atoms with E-state index < -0.39 is 58.9 Å². The monoisotopic (exact) mass is 390 g/mol. The van der Waals surface area contributed by atoms with Crippen LogP contribution < -0.4 is 10.2 Å². The second kappa shape index (κ2) is 7.68. The number of nitrogens with one attached hydrogen (secondary N) is 1. The fourth-order valence-electron chi connectivity index (χ4n) is 2.26. The van der Waals surface area contributed by atoms with Crippen LogP contribution in [0.3, 0.4) is 0 Å². The van der Waals surface area contributed by atoms with Crippen LogP contribution in [-0.4, -0.2) is 18.4 Å². The maximum atomic E-state index is 13.9. The summed E-state index contributed by atoms with van der Waals surface area (Å²) in [5.74, 6) is -7.04. The third kappa shape index (κ3) is 4.57. The number of nitrogens with zero attached hydrogens (tertiary/aromatic N) is 1. The molecule has 27 heavy (non-hydrogen) atoms. The maximum Gasteiger partial charge on any atom is 0.418 e. The van der Waals surface area contributed by atoms with Crippen molar-refractivity contribution < 1.29 is 35.9 Å². The van der Waals surface area contributed by atoms with Gasteiger partial charge in [0.05, 0.1) is 16.9 Å². The van der Waals surface area contributed by atoms with E-state index in [2.05, 4.69) is 0 Å². The fourth-order valence-corrected chi connectivity index (χ4v) is 2.26. The Hall–Kier alpha value is -3.04. The van der Waals surface area contributed by atoms with Crippen molar-refractivity contribution in [3.8, 4) is 0 Å². The molecule has 0 saturated heterocycles. The molecular formula is C17H12F6N2O2. The van der Waals surface area contributed by atoms with E-state index >= 15 is 0 Å². The molecule has 0 bridgehead atoms. The number of benzene rings is 2. The summed E-state index contributed by atoms with van der Waals surface area (Å²) >= 11 is 0. The van der Waals surface area contributed by atoms with Gasteiger partial charge in [-0.2, -0.15) is 13.2 Å². The summed E-state index contributed by atoms with van der Waals surface area (Å²) in [6, 6.07) is 5.41. The molecule has 2 rings (SSSR count). The number of alkyl halides is 3. The summed E-state index contributed by atoms with van der Waals surface area (Å²) in [5, 5.41) is 1.97. The van der Waals surface area contributed by atoms with E-state index in [0.29, 0.717) is 11.0 Å². The van der Waals surface area contributed by atoms with Crippen molar-refractivity contribution in [1.29, 1.82) is 0 Å². The molecule has 0 unspecified atom stereocenters. The minimum absolute atomic E-state index is 0.476. The predicted molar refractivity (Wildman–Crippen MR) is 84.4 cm³/mol. The number of carbonyl (C=O) groups is 2. The van der Waals surface area contributed by atoms with Crippen LogP contribution in [0.25, 0.3) is 0 Å². The highest BCUT2D eigenvalue weighted by Gasteiger charge is 2.33. The molecule has 0 aliphatic rings. The third-order valence-corrected chi connectivity index (χ3v) is 3.49. The summed E-state index contributed by atoms with van der Waals surface area (Å²) in [6.07, 6.45) is -4.74. The largest absolute Gasteiger partial charge is 0.418 e. The summed E-state index contributed by atoms with van der Waals surface area (Å²) in [7, 11) is 0. The third-order valence-electron chi connectivity index (χ3n) is 3.49. The van der Waals surface area contributed by atoms with Gasteiger partial charge in [0, 0.05) is 6.92 Å². The Bertz CT molecular complexity index is 882. The van der Waals surface area contributed by atoms with Crippen LogP contribution >= 0.6 is 0 Å². The Labute approximate surface area is 149 Å². The maximum absolute atomic E-state index is 13.9. The lowest BCUT2D eigenvalue weighted by Crippen LogP contribution is -2.37. The number of para-hydroxylation sites is 1. The highest BCUT2D eigenvalue weighted by Crippen LogP contribution is 2.34. The second-order valence-corrected chi connectivity index (χ2v) is 5.39. The SMILES string of the molecule is CC(=O)N(CC(=O)Nc1ccccc1C(F)(F)F)c1ccc(F)c(F)c1F. The van der Waals surface area contributed by atoms with Gasteiger partial charge in [-0.3, -0.25) is 9.59 Å². The molecule has 2 aromatic carbocycles. The van der Waals surface area contributed by atoms with E-state index in [1.807, 2.05) is 5.32 Å². The Morgan fingerprint density at radius 1 is 1.00 bits per heavy atom. The Balaban J connectivity index is 2.28. The molecule has 0 heterocycles. The van der Waals surface area contributed by atoms with Crippen molar-refractivity contribution in [2.45, 2.75) is 13.1 Å². The standard InChI is InChI=1S/C17H12F6N2O2/c1-9(26)25(13-7-6-11(18)15(19)16(13)20)8-14(27)24-12-5-3-2-4-10(12)17(21,22)23/h2-7H,8H2,1H3,(H,24,27). The van der Waals surface area contributed by atoms with Gasteiger partial charge in [-0.1, -0.05) is 12.1 Å². The molecule has 0 spiro atoms. The molecule has 0 atom stereocenters. The number of rotatable bonds is 4. The Morgan fingerprint density at radius 2 is 1.63 bits per heavy atom. The zero-order chi connectivity index (χ0) is 20.4. The van der Waals surface area contributed by atoms with E-state index in [1.54, 1.807) is 0 Å². The zero-order valence-corrected chi connectivity index (χ0v) is 13.7. The summed E-state index contributed by atoms with van der Waals surface area (Å²) in [6.45, 7) is 0.0150. The molecule has 0 saturated carbocycles. The molecule has 0 fully saturated rings. The van der Waals surface area contributed by atoms with Crippen molar-refractivity contribution in [1.82, 2.24) is 0 Å². The lowest BCUT2D eigenvalue weighted by atomic mass is 10.1. The molecule has 10 heteroatoms. The van der Waals surface area contributed by atoms with Crippen LogP contribution in [0.1, 0.15) is 12.5 Å². The van der Waals surface area contributed by atoms with Crippen LogP contribution in [0.2, 0.25) is 0 Å². The van der Waals surface area contributed by atoms with Crippen molar-refractivity contribution in [3.63, 3.8) is 0 Å². The number of halogens is 6.